The van der Waals surface area contributed by atoms with Gasteiger partial charge in [0.15, 0.2) is 5.01 Å². The van der Waals surface area contributed by atoms with Gasteiger partial charge in [-0.05, 0) is 28.8 Å². The number of amides is 2. The van der Waals surface area contributed by atoms with E-state index in [1.165, 1.54) is 11.3 Å². The van der Waals surface area contributed by atoms with E-state index in [1.54, 1.807) is 6.20 Å². The molecule has 1 unspecified atom stereocenters. The molecule has 2 fully saturated rings. The van der Waals surface area contributed by atoms with Crippen LogP contribution in [0.25, 0.3) is 11.1 Å². The summed E-state index contributed by atoms with van der Waals surface area (Å²) < 4.78 is 0. The molecule has 0 spiro atoms. The highest BCUT2D eigenvalue weighted by atomic mass is 32.1. The summed E-state index contributed by atoms with van der Waals surface area (Å²) in [4.78, 5) is 36.8. The van der Waals surface area contributed by atoms with Crippen molar-refractivity contribution in [2.45, 2.75) is 12.1 Å². The highest BCUT2D eigenvalue weighted by molar-refractivity contribution is 7.11. The van der Waals surface area contributed by atoms with Crippen LogP contribution >= 0.6 is 11.3 Å². The second-order valence-electron chi connectivity index (χ2n) is 9.56. The van der Waals surface area contributed by atoms with E-state index in [4.69, 9.17) is 0 Å². The van der Waals surface area contributed by atoms with Gasteiger partial charge >= 0.3 is 0 Å². The fourth-order valence-corrected chi connectivity index (χ4v) is 5.86. The largest absolute Gasteiger partial charge is 0.333 e. The Morgan fingerprint density at radius 2 is 1.43 bits per heavy atom. The number of rotatable bonds is 5. The van der Waals surface area contributed by atoms with Gasteiger partial charge in [-0.1, -0.05) is 72.8 Å². The molecular formula is C30H28N4O2S. The first kappa shape index (κ1) is 23.6. The Morgan fingerprint density at radius 3 is 2.11 bits per heavy atom. The van der Waals surface area contributed by atoms with Gasteiger partial charge in [0, 0.05) is 55.9 Å². The fourth-order valence-electron chi connectivity index (χ4n) is 5.26. The van der Waals surface area contributed by atoms with Crippen LogP contribution < -0.4 is 0 Å². The van der Waals surface area contributed by atoms with Crippen LogP contribution in [0, 0.1) is 0 Å². The molecule has 2 amide bonds. The van der Waals surface area contributed by atoms with Crippen LogP contribution in [0.1, 0.15) is 31.8 Å². The van der Waals surface area contributed by atoms with Crippen LogP contribution in [0.15, 0.2) is 96.5 Å². The van der Waals surface area contributed by atoms with Crippen LogP contribution in [-0.2, 0) is 0 Å². The number of likely N-dealkylation sites (tertiary alicyclic amines) is 1. The monoisotopic (exact) mass is 508 g/mol. The number of carbonyl (C=O) groups excluding carboxylic acids is 2. The zero-order valence-electron chi connectivity index (χ0n) is 20.4. The molecule has 0 aliphatic carbocycles. The third-order valence-electron chi connectivity index (χ3n) is 7.38. The maximum Gasteiger partial charge on any atom is 0.282 e. The number of benzene rings is 3. The number of hydrogen-bond donors (Lipinski definition) is 0. The Balaban J connectivity index is 1.17. The molecule has 6 rings (SSSR count). The summed E-state index contributed by atoms with van der Waals surface area (Å²) in [5.74, 6) is 0.0703. The van der Waals surface area contributed by atoms with Gasteiger partial charge in [0.25, 0.3) is 11.8 Å². The fraction of sp³-hybridized carbons (Fsp3) is 0.233. The summed E-state index contributed by atoms with van der Waals surface area (Å²) >= 11 is 1.38. The third-order valence-corrected chi connectivity index (χ3v) is 8.14. The van der Waals surface area contributed by atoms with E-state index >= 15 is 0 Å². The maximum absolute atomic E-state index is 13.7. The number of thiazole rings is 1. The van der Waals surface area contributed by atoms with Crippen LogP contribution in [-0.4, -0.2) is 70.3 Å². The molecule has 0 saturated carbocycles. The van der Waals surface area contributed by atoms with Crippen molar-refractivity contribution >= 4 is 23.2 Å². The average molecular weight is 509 g/mol. The molecule has 186 valence electrons. The highest BCUT2D eigenvalue weighted by Crippen LogP contribution is 2.31. The summed E-state index contributed by atoms with van der Waals surface area (Å²) in [6, 6.07) is 28.7. The van der Waals surface area contributed by atoms with Crippen molar-refractivity contribution < 1.29 is 9.59 Å². The molecule has 37 heavy (non-hydrogen) atoms. The molecule has 2 saturated heterocycles. The van der Waals surface area contributed by atoms with E-state index in [2.05, 4.69) is 34.1 Å². The zero-order chi connectivity index (χ0) is 25.2. The predicted molar refractivity (Wildman–Crippen MR) is 145 cm³/mol. The molecule has 2 aliphatic heterocycles. The second kappa shape index (κ2) is 10.3. The number of piperazine rings is 1. The van der Waals surface area contributed by atoms with Crippen LogP contribution in [0.2, 0.25) is 0 Å². The molecule has 4 aromatic rings. The quantitative estimate of drug-likeness (QED) is 0.387. The van der Waals surface area contributed by atoms with E-state index in [1.807, 2.05) is 75.8 Å². The minimum atomic E-state index is -0.0417. The lowest BCUT2D eigenvalue weighted by molar-refractivity contribution is -0.00755. The Labute approximate surface area is 220 Å². The molecular weight excluding hydrogens is 480 g/mol. The van der Waals surface area contributed by atoms with Crippen molar-refractivity contribution in [3.05, 3.63) is 113 Å². The average Bonchev–Trinajstić information content (AvgIpc) is 3.48. The van der Waals surface area contributed by atoms with Crippen molar-refractivity contribution in [1.82, 2.24) is 19.7 Å². The molecule has 0 radical (unpaired) electrons. The lowest BCUT2D eigenvalue weighted by atomic mass is 9.97. The number of nitrogens with zero attached hydrogens (tertiary/aromatic N) is 4. The summed E-state index contributed by atoms with van der Waals surface area (Å²) in [5.41, 5.74) is 4.08. The molecule has 3 aromatic carbocycles. The van der Waals surface area contributed by atoms with Gasteiger partial charge < -0.3 is 9.80 Å². The Hall–Kier alpha value is -3.81. The summed E-state index contributed by atoms with van der Waals surface area (Å²) in [6.07, 6.45) is 1.67. The first-order valence-corrected chi connectivity index (χ1v) is 13.5. The molecule has 3 heterocycles. The van der Waals surface area contributed by atoms with Gasteiger partial charge in [-0.15, -0.1) is 11.3 Å². The lowest BCUT2D eigenvalue weighted by Gasteiger charge is -2.50. The van der Waals surface area contributed by atoms with E-state index in [0.717, 1.165) is 29.8 Å². The standard InChI is InChI=1S/C30H28N4O2S/c35-29(25-13-11-23(12-14-25)22-7-3-1-4-8-22)34-17-16-32(21-27(34)24-9-5-2-6-10-24)26-19-33(20-26)30(36)28-31-15-18-37-28/h1-15,18,26-27H,16-17,19-21H2. The minimum Gasteiger partial charge on any atom is -0.333 e. The lowest BCUT2D eigenvalue weighted by Crippen LogP contribution is -2.64. The highest BCUT2D eigenvalue weighted by Gasteiger charge is 2.40. The van der Waals surface area contributed by atoms with Crippen molar-refractivity contribution in [2.75, 3.05) is 32.7 Å². The molecule has 1 atom stereocenters. The van der Waals surface area contributed by atoms with Crippen LogP contribution in [0.3, 0.4) is 0 Å². The molecule has 7 heteroatoms. The number of hydrogen-bond acceptors (Lipinski definition) is 5. The topological polar surface area (TPSA) is 56.8 Å². The van der Waals surface area contributed by atoms with Crippen LogP contribution in [0.5, 0.6) is 0 Å². The second-order valence-corrected chi connectivity index (χ2v) is 10.5. The van der Waals surface area contributed by atoms with Crippen molar-refractivity contribution in [1.29, 1.82) is 0 Å². The molecule has 6 nitrogen and oxygen atoms in total. The Kier molecular flexibility index (Phi) is 6.55. The smallest absolute Gasteiger partial charge is 0.282 e. The van der Waals surface area contributed by atoms with Gasteiger partial charge in [-0.25, -0.2) is 4.98 Å². The van der Waals surface area contributed by atoms with Crippen molar-refractivity contribution in [3.8, 4) is 11.1 Å². The summed E-state index contributed by atoms with van der Waals surface area (Å²) in [6.45, 7) is 3.60. The van der Waals surface area contributed by atoms with E-state index in [9.17, 15) is 9.59 Å². The first-order valence-electron chi connectivity index (χ1n) is 12.6. The zero-order valence-corrected chi connectivity index (χ0v) is 21.3. The molecule has 2 aliphatic rings. The summed E-state index contributed by atoms with van der Waals surface area (Å²) in [7, 11) is 0. The molecule has 0 bridgehead atoms. The predicted octanol–water partition coefficient (Wildman–Crippen LogP) is 4.83. The molecule has 0 N–H and O–H groups in total. The van der Waals surface area contributed by atoms with E-state index in [-0.39, 0.29) is 17.9 Å². The Morgan fingerprint density at radius 1 is 0.757 bits per heavy atom. The van der Waals surface area contributed by atoms with Crippen molar-refractivity contribution in [2.24, 2.45) is 0 Å². The number of aromatic nitrogens is 1. The SMILES string of the molecule is O=C(c1nccs1)N1CC(N2CCN(C(=O)c3ccc(-c4ccccc4)cc3)C(c3ccccc3)C2)C1. The van der Waals surface area contributed by atoms with Crippen LogP contribution in [0.4, 0.5) is 0 Å². The number of carbonyl (C=O) groups is 2. The third kappa shape index (κ3) is 4.80. The normalized spacial score (nSPS) is 18.4. The van der Waals surface area contributed by atoms with Gasteiger partial charge in [0.2, 0.25) is 0 Å². The Bertz CT molecular complexity index is 1350. The van der Waals surface area contributed by atoms with Gasteiger partial charge in [0.1, 0.15) is 0 Å². The first-order chi connectivity index (χ1) is 18.2. The van der Waals surface area contributed by atoms with Gasteiger partial charge in [-0.2, -0.15) is 0 Å². The molecule has 1 aromatic heterocycles. The van der Waals surface area contributed by atoms with Gasteiger partial charge in [-0.3, -0.25) is 14.5 Å². The minimum absolute atomic E-state index is 0.0126. The van der Waals surface area contributed by atoms with Gasteiger partial charge in [0.05, 0.1) is 6.04 Å². The van der Waals surface area contributed by atoms with Crippen molar-refractivity contribution in [3.63, 3.8) is 0 Å². The van der Waals surface area contributed by atoms with E-state index < -0.39 is 0 Å². The maximum atomic E-state index is 13.7. The van der Waals surface area contributed by atoms with E-state index in [0.29, 0.717) is 36.2 Å². The summed E-state index contributed by atoms with van der Waals surface area (Å²) in [5, 5.41) is 2.38.